The van der Waals surface area contributed by atoms with Crippen LogP contribution in [0.3, 0.4) is 0 Å². The van der Waals surface area contributed by atoms with Gasteiger partial charge in [0.15, 0.2) is 0 Å². The number of fused-ring (bicyclic) bond motifs is 4. The minimum Gasteiger partial charge on any atom is -0.399 e. The molecule has 0 spiro atoms. The molecular formula is C69H115N19+4. The Kier molecular flexibility index (Phi) is 25.9. The zero-order valence-corrected chi connectivity index (χ0v) is 55.2. The molecule has 5 aliphatic heterocycles. The van der Waals surface area contributed by atoms with Crippen LogP contribution in [-0.2, 0) is 52.9 Å². The Labute approximate surface area is 529 Å². The molecule has 1 saturated heterocycles. The number of nitrogens with two attached hydrogens (primary N) is 4. The van der Waals surface area contributed by atoms with Gasteiger partial charge in [-0.05, 0) is 122 Å². The van der Waals surface area contributed by atoms with Gasteiger partial charge in [0, 0.05) is 170 Å². The Balaban J connectivity index is 0.000000152. The number of hydrogen-bond acceptors (Lipinski definition) is 13. The van der Waals surface area contributed by atoms with Crippen LogP contribution < -0.4 is 72.9 Å². The highest BCUT2D eigenvalue weighted by Crippen LogP contribution is 2.32. The number of rotatable bonds is 24. The summed E-state index contributed by atoms with van der Waals surface area (Å²) in [6, 6.07) is 25.3. The van der Waals surface area contributed by atoms with E-state index in [2.05, 4.69) is 185 Å². The fraction of sp³-hybridized carbons (Fsp3) is 0.565. The first-order chi connectivity index (χ1) is 42.4. The Morgan fingerprint density at radius 1 is 0.420 bits per heavy atom. The van der Waals surface area contributed by atoms with Crippen molar-refractivity contribution in [2.24, 2.45) is 14.1 Å². The van der Waals surface area contributed by atoms with Crippen LogP contribution in [-0.4, -0.2) is 202 Å². The highest BCUT2D eigenvalue weighted by molar-refractivity contribution is 5.65. The second kappa shape index (κ2) is 33.8. The molecule has 0 amide bonds. The number of hydrogen-bond donors (Lipinski definition) is 8. The number of anilines is 8. The fourth-order valence-corrected chi connectivity index (χ4v) is 12.6. The number of aryl methyl sites for hydroxylation is 6. The molecule has 482 valence electrons. The number of nitrogens with one attached hydrogen (secondary N) is 4. The average molecular weight is 1210 g/mol. The topological polar surface area (TPSA) is 186 Å². The molecule has 19 heteroatoms. The van der Waals surface area contributed by atoms with Crippen molar-refractivity contribution in [2.75, 3.05) is 222 Å². The fourth-order valence-electron chi connectivity index (χ4n) is 12.6. The van der Waals surface area contributed by atoms with Crippen molar-refractivity contribution >= 4 is 45.5 Å². The predicted octanol–water partition coefficient (Wildman–Crippen LogP) is 4.19. The molecule has 11 rings (SSSR count). The summed E-state index contributed by atoms with van der Waals surface area (Å²) in [6.07, 6.45) is 22.2. The first kappa shape index (κ1) is 67.4. The molecular weight excluding hydrogens is 1090 g/mol. The maximum absolute atomic E-state index is 5.97. The molecule has 4 aromatic carbocycles. The Morgan fingerprint density at radius 3 is 1.03 bits per heavy atom. The first-order valence-electron chi connectivity index (χ1n) is 33.2. The van der Waals surface area contributed by atoms with E-state index in [1.807, 2.05) is 38.4 Å². The third-order valence-electron chi connectivity index (χ3n) is 17.9. The van der Waals surface area contributed by atoms with Crippen molar-refractivity contribution < 1.29 is 18.1 Å². The van der Waals surface area contributed by atoms with Crippen LogP contribution in [0.25, 0.3) is 0 Å². The summed E-state index contributed by atoms with van der Waals surface area (Å²) in [5.74, 6) is 0. The van der Waals surface area contributed by atoms with E-state index < -0.39 is 0 Å². The predicted molar refractivity (Wildman–Crippen MR) is 369 cm³/mol. The van der Waals surface area contributed by atoms with Crippen LogP contribution in [0.5, 0.6) is 0 Å². The summed E-state index contributed by atoms with van der Waals surface area (Å²) < 4.78 is 10.7. The minimum atomic E-state index is 0.860. The number of imidazole rings is 2. The van der Waals surface area contributed by atoms with Crippen LogP contribution in [0.4, 0.5) is 45.5 Å². The van der Waals surface area contributed by atoms with Crippen molar-refractivity contribution in [2.45, 2.75) is 64.5 Å². The molecule has 0 atom stereocenters. The second-order valence-electron chi connectivity index (χ2n) is 26.8. The summed E-state index contributed by atoms with van der Waals surface area (Å²) in [5, 5.41) is 14.2. The van der Waals surface area contributed by atoms with Crippen LogP contribution in [0, 0.1) is 0 Å². The second-order valence-corrected chi connectivity index (χ2v) is 26.8. The number of benzene rings is 4. The number of nitrogen functional groups attached to an aromatic ring is 4. The third kappa shape index (κ3) is 22.2. The van der Waals surface area contributed by atoms with E-state index in [-0.39, 0.29) is 0 Å². The van der Waals surface area contributed by atoms with E-state index in [1.165, 1.54) is 134 Å². The lowest BCUT2D eigenvalue weighted by atomic mass is 10.0. The Morgan fingerprint density at radius 2 is 0.727 bits per heavy atom. The van der Waals surface area contributed by atoms with Gasteiger partial charge in [0.2, 0.25) is 12.7 Å². The van der Waals surface area contributed by atoms with Crippen molar-refractivity contribution in [3.05, 3.63) is 132 Å². The zero-order chi connectivity index (χ0) is 62.3. The highest BCUT2D eigenvalue weighted by atomic mass is 15.4. The lowest BCUT2D eigenvalue weighted by Gasteiger charge is -2.39. The number of likely N-dealkylation sites (N-methyl/N-ethyl adjacent to an activating group) is 2. The lowest BCUT2D eigenvalue weighted by molar-refractivity contribution is -0.894. The molecule has 0 saturated carbocycles. The smallest absolute Gasteiger partial charge is 0.243 e. The summed E-state index contributed by atoms with van der Waals surface area (Å²) in [6.45, 7) is 26.3. The maximum atomic E-state index is 5.97. The molecule has 6 aromatic rings. The molecule has 19 nitrogen and oxygen atoms in total. The van der Waals surface area contributed by atoms with Gasteiger partial charge in [0.1, 0.15) is 37.9 Å². The number of aromatic nitrogens is 4. The van der Waals surface area contributed by atoms with E-state index in [1.54, 1.807) is 0 Å². The first-order valence-corrected chi connectivity index (χ1v) is 33.2. The lowest BCUT2D eigenvalue weighted by Crippen LogP contribution is -2.55. The Hall–Kier alpha value is -6.58. The normalized spacial score (nSPS) is 16.2. The van der Waals surface area contributed by atoms with Gasteiger partial charge in [-0.15, -0.1) is 0 Å². The van der Waals surface area contributed by atoms with Gasteiger partial charge in [-0.25, -0.2) is 18.3 Å². The van der Waals surface area contributed by atoms with Crippen LogP contribution in [0.2, 0.25) is 0 Å². The highest BCUT2D eigenvalue weighted by Gasteiger charge is 2.25. The summed E-state index contributed by atoms with van der Waals surface area (Å²) >= 11 is 0. The van der Waals surface area contributed by atoms with Crippen molar-refractivity contribution in [1.29, 1.82) is 0 Å². The van der Waals surface area contributed by atoms with E-state index in [0.29, 0.717) is 0 Å². The Bertz CT molecular complexity index is 2900. The molecule has 2 aromatic heterocycles. The van der Waals surface area contributed by atoms with Gasteiger partial charge < -0.3 is 72.8 Å². The molecule has 12 N–H and O–H groups in total. The van der Waals surface area contributed by atoms with E-state index in [4.69, 9.17) is 22.9 Å². The van der Waals surface area contributed by atoms with Gasteiger partial charge in [-0.2, -0.15) is 0 Å². The molecule has 5 aliphatic rings. The zero-order valence-electron chi connectivity index (χ0n) is 55.2. The largest absolute Gasteiger partial charge is 0.399 e. The molecule has 7 heterocycles. The van der Waals surface area contributed by atoms with Gasteiger partial charge in [0.25, 0.3) is 0 Å². The van der Waals surface area contributed by atoms with Crippen molar-refractivity contribution in [3.8, 4) is 0 Å². The molecule has 0 aliphatic carbocycles. The molecule has 0 radical (unpaired) electrons. The molecule has 88 heavy (non-hydrogen) atoms. The quantitative estimate of drug-likeness (QED) is 0.0187. The summed E-state index contributed by atoms with van der Waals surface area (Å²) in [5.41, 5.74) is 38.3. The van der Waals surface area contributed by atoms with E-state index in [0.717, 1.165) is 152 Å². The molecule has 0 bridgehead atoms. The molecule has 1 fully saturated rings. The van der Waals surface area contributed by atoms with Gasteiger partial charge in [-0.3, -0.25) is 4.90 Å². The van der Waals surface area contributed by atoms with E-state index in [9.17, 15) is 0 Å². The average Bonchev–Trinajstić information content (AvgIpc) is 4.23. The number of quaternary nitrogens is 2. The monoisotopic (exact) mass is 1210 g/mol. The van der Waals surface area contributed by atoms with Crippen LogP contribution in [0.15, 0.2) is 110 Å². The summed E-state index contributed by atoms with van der Waals surface area (Å²) in [7, 11) is 15.4. The van der Waals surface area contributed by atoms with Crippen LogP contribution in [0.1, 0.15) is 47.9 Å². The van der Waals surface area contributed by atoms with E-state index >= 15 is 0 Å². The minimum absolute atomic E-state index is 0.860. The molecule has 0 unspecified atom stereocenters. The SMILES string of the molecule is C[N+](C)(C)CCNCCN1CCCc2ccc(N)cc21.C[N+]1(C)CCN(CCNCCN2CCCc3ccc(N)cc32)CC1.C[n+]1ccn(CCNCCN2CCCc3ccc(N)cc32)c1.C[n+]1ccn(CCNCCN2CCCc3ccc(N)cc32)c1. The maximum Gasteiger partial charge on any atom is 0.243 e. The third-order valence-corrected chi connectivity index (χ3v) is 17.9. The summed E-state index contributed by atoms with van der Waals surface area (Å²) in [4.78, 5) is 12.5. The number of nitrogens with zero attached hydrogens (tertiary/aromatic N) is 11. The standard InChI is InChI=1S/C19H34N5.2C17H26N5.C16H29N4/c1-24(2)14-12-22(13-15-24)10-7-21-8-11-23-9-3-4-17-5-6-18(20)16-19(17)23;2*1-20-11-12-21(14-20)9-6-19-7-10-22-8-2-3-15-4-5-16(18)13-17(15)22;1-20(2,3)12-9-18-8-11-19-10-4-5-14-6-7-15(17)13-16(14)19/h5-6,16,21H,3-4,7-15,20H2,1-2H3;2*4-5,11-14,19H,2-3,6-10,18H2,1H3;6-7,13,18H,4-5,8-12,17H2,1-3H3/q4*+1. The van der Waals surface area contributed by atoms with Crippen LogP contribution >= 0.6 is 0 Å². The van der Waals surface area contributed by atoms with Crippen molar-refractivity contribution in [1.82, 2.24) is 35.3 Å². The van der Waals surface area contributed by atoms with Gasteiger partial charge >= 0.3 is 0 Å². The van der Waals surface area contributed by atoms with Crippen molar-refractivity contribution in [3.63, 3.8) is 0 Å². The van der Waals surface area contributed by atoms with Gasteiger partial charge in [0.05, 0.1) is 69.0 Å². The number of piperazine rings is 1. The van der Waals surface area contributed by atoms with Gasteiger partial charge in [-0.1, -0.05) is 24.3 Å².